The van der Waals surface area contributed by atoms with Gasteiger partial charge in [-0.25, -0.2) is 4.79 Å². The number of urea groups is 1. The number of amides is 3. The van der Waals surface area contributed by atoms with Gasteiger partial charge >= 0.3 is 6.03 Å². The molecule has 5 N–H and O–H groups in total. The monoisotopic (exact) mass is 287 g/mol. The normalized spacial score (nSPS) is 17.1. The van der Waals surface area contributed by atoms with Crippen LogP contribution < -0.4 is 16.4 Å². The fraction of sp³-hybridized carbons (Fsp3) is 0.857. The molecule has 3 amide bonds. The molecule has 0 aromatic heterocycles. The van der Waals surface area contributed by atoms with Crippen molar-refractivity contribution in [3.63, 3.8) is 0 Å². The Labute approximate surface area is 121 Å². The van der Waals surface area contributed by atoms with Gasteiger partial charge in [0.2, 0.25) is 5.91 Å². The first-order chi connectivity index (χ1) is 9.09. The van der Waals surface area contributed by atoms with Crippen LogP contribution in [0.5, 0.6) is 0 Å². The Morgan fingerprint density at radius 1 is 1.30 bits per heavy atom. The second kappa shape index (κ2) is 8.09. The van der Waals surface area contributed by atoms with Crippen molar-refractivity contribution in [2.45, 2.75) is 59.1 Å². The lowest BCUT2D eigenvalue weighted by atomic mass is 9.93. The molecule has 0 saturated heterocycles. The zero-order valence-electron chi connectivity index (χ0n) is 13.2. The maximum Gasteiger partial charge on any atom is 0.312 e. The highest BCUT2D eigenvalue weighted by Crippen LogP contribution is 2.15. The Balaban J connectivity index is 4.57. The van der Waals surface area contributed by atoms with Crippen LogP contribution in [0.25, 0.3) is 0 Å². The fourth-order valence-corrected chi connectivity index (χ4v) is 2.19. The molecule has 0 spiro atoms. The third-order valence-electron chi connectivity index (χ3n) is 3.28. The van der Waals surface area contributed by atoms with E-state index < -0.39 is 17.7 Å². The number of carbonyl (C=O) groups excluding carboxylic acids is 2. The summed E-state index contributed by atoms with van der Waals surface area (Å²) < 4.78 is 0. The molecule has 0 aromatic carbocycles. The van der Waals surface area contributed by atoms with Crippen LogP contribution in [0.1, 0.15) is 47.5 Å². The van der Waals surface area contributed by atoms with Crippen LogP contribution in [-0.2, 0) is 4.79 Å². The van der Waals surface area contributed by atoms with Gasteiger partial charge in [-0.1, -0.05) is 34.1 Å². The highest BCUT2D eigenvalue weighted by atomic mass is 16.3. The number of nitrogens with two attached hydrogens (primary N) is 1. The van der Waals surface area contributed by atoms with Crippen LogP contribution >= 0.6 is 0 Å². The van der Waals surface area contributed by atoms with Crippen LogP contribution in [0.4, 0.5) is 4.79 Å². The molecule has 0 bridgehead atoms. The SMILES string of the molecule is CCC(C)C(NC(N)=O)C(=O)NCC(C)(O)CC(C)C. The molecule has 0 rings (SSSR count). The number of nitrogens with one attached hydrogen (secondary N) is 2. The number of primary amides is 1. The zero-order chi connectivity index (χ0) is 15.9. The molecule has 0 saturated carbocycles. The summed E-state index contributed by atoms with van der Waals surface area (Å²) in [6.45, 7) is 9.65. The molecule has 0 radical (unpaired) electrons. The molecule has 6 nitrogen and oxygen atoms in total. The highest BCUT2D eigenvalue weighted by molar-refractivity contribution is 5.86. The minimum atomic E-state index is -0.962. The van der Waals surface area contributed by atoms with E-state index in [0.29, 0.717) is 12.3 Å². The van der Waals surface area contributed by atoms with Gasteiger partial charge < -0.3 is 21.5 Å². The third-order valence-corrected chi connectivity index (χ3v) is 3.28. The Morgan fingerprint density at radius 2 is 1.85 bits per heavy atom. The Bertz CT molecular complexity index is 330. The van der Waals surface area contributed by atoms with Gasteiger partial charge in [0.1, 0.15) is 6.04 Å². The average Bonchev–Trinajstić information content (AvgIpc) is 2.30. The molecule has 6 heteroatoms. The van der Waals surface area contributed by atoms with Crippen molar-refractivity contribution in [1.29, 1.82) is 0 Å². The Morgan fingerprint density at radius 3 is 2.25 bits per heavy atom. The van der Waals surface area contributed by atoms with Gasteiger partial charge in [-0.3, -0.25) is 4.79 Å². The van der Waals surface area contributed by atoms with Crippen LogP contribution in [0, 0.1) is 11.8 Å². The smallest absolute Gasteiger partial charge is 0.312 e. The van der Waals surface area contributed by atoms with Gasteiger partial charge in [-0.2, -0.15) is 0 Å². The van der Waals surface area contributed by atoms with Crippen LogP contribution in [0.2, 0.25) is 0 Å². The van der Waals surface area contributed by atoms with Gasteiger partial charge in [0.15, 0.2) is 0 Å². The number of hydrogen-bond donors (Lipinski definition) is 4. The average molecular weight is 287 g/mol. The molecule has 0 aliphatic carbocycles. The minimum Gasteiger partial charge on any atom is -0.388 e. The Kier molecular flexibility index (Phi) is 7.57. The number of rotatable bonds is 8. The number of carbonyl (C=O) groups is 2. The van der Waals surface area contributed by atoms with Crippen molar-refractivity contribution in [2.24, 2.45) is 17.6 Å². The summed E-state index contributed by atoms with van der Waals surface area (Å²) in [6.07, 6.45) is 1.32. The third kappa shape index (κ3) is 7.33. The van der Waals surface area contributed by atoms with E-state index in [1.807, 2.05) is 27.7 Å². The highest BCUT2D eigenvalue weighted by Gasteiger charge is 2.28. The Hall–Kier alpha value is -1.30. The van der Waals surface area contributed by atoms with Crippen LogP contribution in [0.15, 0.2) is 0 Å². The van der Waals surface area contributed by atoms with Gasteiger partial charge in [0.25, 0.3) is 0 Å². The maximum absolute atomic E-state index is 12.1. The molecule has 118 valence electrons. The van der Waals surface area contributed by atoms with E-state index in [9.17, 15) is 14.7 Å². The van der Waals surface area contributed by atoms with Crippen molar-refractivity contribution in [2.75, 3.05) is 6.54 Å². The van der Waals surface area contributed by atoms with Crippen LogP contribution in [0.3, 0.4) is 0 Å². The van der Waals surface area contributed by atoms with Crippen molar-refractivity contribution >= 4 is 11.9 Å². The quantitative estimate of drug-likeness (QED) is 0.535. The molecule has 3 unspecified atom stereocenters. The van der Waals surface area contributed by atoms with Crippen molar-refractivity contribution in [1.82, 2.24) is 10.6 Å². The molecule has 0 fully saturated rings. The number of aliphatic hydroxyl groups is 1. The van der Waals surface area contributed by atoms with Gasteiger partial charge in [-0.15, -0.1) is 0 Å². The molecule has 0 heterocycles. The van der Waals surface area contributed by atoms with Crippen LogP contribution in [-0.4, -0.2) is 35.2 Å². The standard InChI is InChI=1S/C14H29N3O3/c1-6-10(4)11(17-13(15)19)12(18)16-8-14(5,20)7-9(2)3/h9-11,20H,6-8H2,1-5H3,(H,16,18)(H3,15,17,19). The summed E-state index contributed by atoms with van der Waals surface area (Å²) >= 11 is 0. The summed E-state index contributed by atoms with van der Waals surface area (Å²) in [6, 6.07) is -1.40. The topological polar surface area (TPSA) is 104 Å². The molecular weight excluding hydrogens is 258 g/mol. The first-order valence-corrected chi connectivity index (χ1v) is 7.15. The summed E-state index contributed by atoms with van der Waals surface area (Å²) in [5, 5.41) is 15.3. The lowest BCUT2D eigenvalue weighted by Gasteiger charge is -2.28. The van der Waals surface area contributed by atoms with E-state index in [1.54, 1.807) is 6.92 Å². The summed E-state index contributed by atoms with van der Waals surface area (Å²) in [4.78, 5) is 23.1. The zero-order valence-corrected chi connectivity index (χ0v) is 13.2. The summed E-state index contributed by atoms with van der Waals surface area (Å²) in [5.41, 5.74) is 4.13. The van der Waals surface area contributed by atoms with Gasteiger partial charge in [0.05, 0.1) is 5.60 Å². The van der Waals surface area contributed by atoms with E-state index in [0.717, 1.165) is 6.42 Å². The van der Waals surface area contributed by atoms with E-state index in [2.05, 4.69) is 10.6 Å². The first-order valence-electron chi connectivity index (χ1n) is 7.15. The second-order valence-electron chi connectivity index (χ2n) is 6.18. The second-order valence-corrected chi connectivity index (χ2v) is 6.18. The van der Waals surface area contributed by atoms with Crippen molar-refractivity contribution < 1.29 is 14.7 Å². The van der Waals surface area contributed by atoms with E-state index in [-0.39, 0.29) is 18.4 Å². The van der Waals surface area contributed by atoms with E-state index >= 15 is 0 Å². The van der Waals surface area contributed by atoms with Crippen molar-refractivity contribution in [3.05, 3.63) is 0 Å². The van der Waals surface area contributed by atoms with Crippen molar-refractivity contribution in [3.8, 4) is 0 Å². The molecule has 0 aliphatic rings. The predicted molar refractivity (Wildman–Crippen MR) is 79.1 cm³/mol. The largest absolute Gasteiger partial charge is 0.388 e. The predicted octanol–water partition coefficient (Wildman–Crippen LogP) is 0.983. The molecule has 3 atom stereocenters. The molecule has 0 aromatic rings. The molecule has 20 heavy (non-hydrogen) atoms. The number of hydrogen-bond acceptors (Lipinski definition) is 3. The van der Waals surface area contributed by atoms with E-state index in [1.165, 1.54) is 0 Å². The molecule has 0 aliphatic heterocycles. The fourth-order valence-electron chi connectivity index (χ4n) is 2.19. The molecular formula is C14H29N3O3. The maximum atomic E-state index is 12.1. The summed E-state index contributed by atoms with van der Waals surface area (Å²) in [7, 11) is 0. The van der Waals surface area contributed by atoms with Gasteiger partial charge in [-0.05, 0) is 25.2 Å². The summed E-state index contributed by atoms with van der Waals surface area (Å²) in [5.74, 6) is -0.0178. The van der Waals surface area contributed by atoms with E-state index in [4.69, 9.17) is 5.73 Å². The first kappa shape index (κ1) is 18.7. The lowest BCUT2D eigenvalue weighted by Crippen LogP contribution is -2.54. The lowest BCUT2D eigenvalue weighted by molar-refractivity contribution is -0.125. The van der Waals surface area contributed by atoms with Gasteiger partial charge in [0, 0.05) is 6.54 Å². The minimum absolute atomic E-state index is 0.0300.